The summed E-state index contributed by atoms with van der Waals surface area (Å²) < 4.78 is 5.79. The van der Waals surface area contributed by atoms with E-state index in [9.17, 15) is 5.11 Å². The van der Waals surface area contributed by atoms with Gasteiger partial charge in [0, 0.05) is 6.42 Å². The predicted molar refractivity (Wildman–Crippen MR) is 85.8 cm³/mol. The summed E-state index contributed by atoms with van der Waals surface area (Å²) in [6.45, 7) is 10.8. The molecule has 0 aromatic carbocycles. The smallest absolute Gasteiger partial charge is 0.0648 e. The van der Waals surface area contributed by atoms with E-state index in [1.54, 1.807) is 6.08 Å². The van der Waals surface area contributed by atoms with E-state index < -0.39 is 0 Å². The molecular weight excluding hydrogens is 248 g/mol. The van der Waals surface area contributed by atoms with Crippen molar-refractivity contribution in [2.24, 2.45) is 17.8 Å². The first kappa shape index (κ1) is 17.7. The van der Waals surface area contributed by atoms with Gasteiger partial charge in [0.05, 0.1) is 18.8 Å². The molecule has 1 fully saturated rings. The van der Waals surface area contributed by atoms with Crippen molar-refractivity contribution in [1.82, 2.24) is 0 Å². The average molecular weight is 282 g/mol. The maximum atomic E-state index is 10.5. The summed E-state index contributed by atoms with van der Waals surface area (Å²) in [5.41, 5.74) is 0. The lowest BCUT2D eigenvalue weighted by molar-refractivity contribution is -0.0163. The van der Waals surface area contributed by atoms with Gasteiger partial charge >= 0.3 is 0 Å². The standard InChI is InChI=1S/C18H34O2/c1-5-11-20-18(14(2)3)13-17(19)15(4)12-16-9-7-6-8-10-16/h5,14-19H,1,6-13H2,2-4H3/t15?,17-,18?/m0/s1. The third kappa shape index (κ3) is 6.41. The number of hydrogen-bond acceptors (Lipinski definition) is 2. The fourth-order valence-corrected chi connectivity index (χ4v) is 3.30. The molecule has 0 bridgehead atoms. The minimum Gasteiger partial charge on any atom is -0.393 e. The fraction of sp³-hybridized carbons (Fsp3) is 0.889. The van der Waals surface area contributed by atoms with Crippen LogP contribution in [0.4, 0.5) is 0 Å². The molecule has 2 heteroatoms. The first-order chi connectivity index (χ1) is 9.54. The van der Waals surface area contributed by atoms with E-state index in [0.717, 1.165) is 12.3 Å². The van der Waals surface area contributed by atoms with E-state index in [1.807, 2.05) is 0 Å². The van der Waals surface area contributed by atoms with Crippen LogP contribution in [-0.2, 0) is 4.74 Å². The molecule has 118 valence electrons. The molecule has 3 atom stereocenters. The van der Waals surface area contributed by atoms with E-state index in [-0.39, 0.29) is 12.2 Å². The van der Waals surface area contributed by atoms with E-state index in [4.69, 9.17) is 4.74 Å². The van der Waals surface area contributed by atoms with E-state index in [1.165, 1.54) is 38.5 Å². The quantitative estimate of drug-likeness (QED) is 0.628. The fourth-order valence-electron chi connectivity index (χ4n) is 3.30. The van der Waals surface area contributed by atoms with Crippen molar-refractivity contribution in [3.8, 4) is 0 Å². The van der Waals surface area contributed by atoms with Crippen molar-refractivity contribution in [3.63, 3.8) is 0 Å². The number of ether oxygens (including phenoxy) is 1. The molecule has 0 radical (unpaired) electrons. The third-order valence-corrected chi connectivity index (χ3v) is 4.73. The Morgan fingerprint density at radius 3 is 2.40 bits per heavy atom. The summed E-state index contributed by atoms with van der Waals surface area (Å²) in [7, 11) is 0. The van der Waals surface area contributed by atoms with Crippen LogP contribution in [0.1, 0.15) is 65.7 Å². The van der Waals surface area contributed by atoms with E-state index in [2.05, 4.69) is 27.4 Å². The summed E-state index contributed by atoms with van der Waals surface area (Å²) >= 11 is 0. The number of hydrogen-bond donors (Lipinski definition) is 1. The first-order valence-corrected chi connectivity index (χ1v) is 8.45. The van der Waals surface area contributed by atoms with Crippen LogP contribution in [0, 0.1) is 17.8 Å². The van der Waals surface area contributed by atoms with Gasteiger partial charge in [-0.2, -0.15) is 0 Å². The zero-order valence-corrected chi connectivity index (χ0v) is 13.7. The average Bonchev–Trinajstić information content (AvgIpc) is 2.43. The van der Waals surface area contributed by atoms with Crippen molar-refractivity contribution >= 4 is 0 Å². The van der Waals surface area contributed by atoms with Gasteiger partial charge < -0.3 is 9.84 Å². The highest BCUT2D eigenvalue weighted by atomic mass is 16.5. The maximum Gasteiger partial charge on any atom is 0.0648 e. The molecule has 0 heterocycles. The van der Waals surface area contributed by atoms with E-state index >= 15 is 0 Å². The molecule has 0 aromatic heterocycles. The molecule has 0 aliphatic heterocycles. The van der Waals surface area contributed by atoms with Crippen LogP contribution in [0.5, 0.6) is 0 Å². The van der Waals surface area contributed by atoms with Gasteiger partial charge in [0.2, 0.25) is 0 Å². The van der Waals surface area contributed by atoms with Gasteiger partial charge in [-0.25, -0.2) is 0 Å². The highest BCUT2D eigenvalue weighted by Crippen LogP contribution is 2.31. The summed E-state index contributed by atoms with van der Waals surface area (Å²) in [6, 6.07) is 0. The maximum absolute atomic E-state index is 10.5. The lowest BCUT2D eigenvalue weighted by atomic mass is 9.80. The molecule has 1 aliphatic carbocycles. The number of rotatable bonds is 9. The Hall–Kier alpha value is -0.340. The van der Waals surface area contributed by atoms with Crippen molar-refractivity contribution in [2.75, 3.05) is 6.61 Å². The van der Waals surface area contributed by atoms with Gasteiger partial charge in [0.25, 0.3) is 0 Å². The monoisotopic (exact) mass is 282 g/mol. The first-order valence-electron chi connectivity index (χ1n) is 8.45. The summed E-state index contributed by atoms with van der Waals surface area (Å²) in [4.78, 5) is 0. The molecular formula is C18H34O2. The zero-order chi connectivity index (χ0) is 15.0. The Bertz CT molecular complexity index is 256. The van der Waals surface area contributed by atoms with Gasteiger partial charge in [0.1, 0.15) is 0 Å². The van der Waals surface area contributed by atoms with Gasteiger partial charge in [-0.3, -0.25) is 0 Å². The zero-order valence-electron chi connectivity index (χ0n) is 13.7. The van der Waals surface area contributed by atoms with Crippen LogP contribution >= 0.6 is 0 Å². The SMILES string of the molecule is C=CCOC(C[C@H](O)C(C)CC1CCCCC1)C(C)C. The summed E-state index contributed by atoms with van der Waals surface area (Å²) in [5.74, 6) is 1.65. The Morgan fingerprint density at radius 1 is 1.20 bits per heavy atom. The topological polar surface area (TPSA) is 29.5 Å². The molecule has 1 rings (SSSR count). The molecule has 0 saturated heterocycles. The minimum atomic E-state index is -0.242. The second-order valence-electron chi connectivity index (χ2n) is 6.92. The molecule has 0 spiro atoms. The normalized spacial score (nSPS) is 21.6. The Kier molecular flexibility index (Phi) is 8.47. The van der Waals surface area contributed by atoms with Crippen LogP contribution in [0.25, 0.3) is 0 Å². The summed E-state index contributed by atoms with van der Waals surface area (Å²) in [5, 5.41) is 10.5. The Morgan fingerprint density at radius 2 is 1.85 bits per heavy atom. The lowest BCUT2D eigenvalue weighted by Gasteiger charge is -2.30. The lowest BCUT2D eigenvalue weighted by Crippen LogP contribution is -2.30. The largest absolute Gasteiger partial charge is 0.393 e. The van der Waals surface area contributed by atoms with Crippen LogP contribution in [-0.4, -0.2) is 23.9 Å². The molecule has 20 heavy (non-hydrogen) atoms. The van der Waals surface area contributed by atoms with Crippen molar-refractivity contribution < 1.29 is 9.84 Å². The number of aliphatic hydroxyl groups excluding tert-OH is 1. The van der Waals surface area contributed by atoms with Gasteiger partial charge in [-0.15, -0.1) is 6.58 Å². The highest BCUT2D eigenvalue weighted by Gasteiger charge is 2.25. The van der Waals surface area contributed by atoms with Crippen molar-refractivity contribution in [3.05, 3.63) is 12.7 Å². The molecule has 0 amide bonds. The van der Waals surface area contributed by atoms with Gasteiger partial charge in [-0.05, 0) is 24.2 Å². The van der Waals surface area contributed by atoms with Crippen molar-refractivity contribution in [1.29, 1.82) is 0 Å². The minimum absolute atomic E-state index is 0.136. The molecule has 1 aliphatic rings. The molecule has 2 nitrogen and oxygen atoms in total. The Labute approximate surface area is 125 Å². The highest BCUT2D eigenvalue weighted by molar-refractivity contribution is 4.77. The van der Waals surface area contributed by atoms with Crippen molar-refractivity contribution in [2.45, 2.75) is 77.9 Å². The number of aliphatic hydroxyl groups is 1. The van der Waals surface area contributed by atoms with Crippen LogP contribution < -0.4 is 0 Å². The Balaban J connectivity index is 2.37. The second kappa shape index (κ2) is 9.57. The molecule has 2 unspecified atom stereocenters. The predicted octanol–water partition coefficient (Wildman–Crippen LogP) is 4.57. The molecule has 1 saturated carbocycles. The summed E-state index contributed by atoms with van der Waals surface area (Å²) in [6.07, 6.45) is 10.5. The molecule has 1 N–H and O–H groups in total. The van der Waals surface area contributed by atoms with E-state index in [0.29, 0.717) is 18.4 Å². The second-order valence-corrected chi connectivity index (χ2v) is 6.92. The van der Waals surface area contributed by atoms with Crippen LogP contribution in [0.15, 0.2) is 12.7 Å². The van der Waals surface area contributed by atoms with Gasteiger partial charge in [-0.1, -0.05) is 59.0 Å². The molecule has 0 aromatic rings. The van der Waals surface area contributed by atoms with Crippen LogP contribution in [0.3, 0.4) is 0 Å². The van der Waals surface area contributed by atoms with Crippen LogP contribution in [0.2, 0.25) is 0 Å². The van der Waals surface area contributed by atoms with Gasteiger partial charge in [0.15, 0.2) is 0 Å². The third-order valence-electron chi connectivity index (χ3n) is 4.73.